The predicted molar refractivity (Wildman–Crippen MR) is 92.1 cm³/mol. The highest BCUT2D eigenvalue weighted by Crippen LogP contribution is 2.23. The van der Waals surface area contributed by atoms with Crippen LogP contribution in [-0.4, -0.2) is 0 Å². The molecule has 1 heterocycles. The number of nitrogens with zero attached hydrogens (tertiary/aromatic N) is 1. The third-order valence-corrected chi connectivity index (χ3v) is 3.41. The topological polar surface area (TPSA) is 3.88 Å². The first-order valence-corrected chi connectivity index (χ1v) is 6.40. The van der Waals surface area contributed by atoms with Crippen molar-refractivity contribution < 1.29 is 4.57 Å². The summed E-state index contributed by atoms with van der Waals surface area (Å²) >= 11 is 0. The first-order valence-electron chi connectivity index (χ1n) is 6.40. The fourth-order valence-electron chi connectivity index (χ4n) is 2.53. The van der Waals surface area contributed by atoms with Gasteiger partial charge in [-0.15, -0.1) is 24.0 Å². The highest BCUT2D eigenvalue weighted by molar-refractivity contribution is 14.0. The molecule has 2 aromatic carbocycles. The zero-order valence-electron chi connectivity index (χ0n) is 11.6. The SMILES string of the molecule is CC(C)(C)[n+]1cc2ccccc2c2ccccc21.I. The molecule has 0 radical (unpaired) electrons. The van der Waals surface area contributed by atoms with E-state index in [1.165, 1.54) is 21.7 Å². The number of aromatic nitrogens is 1. The summed E-state index contributed by atoms with van der Waals surface area (Å²) in [6, 6.07) is 17.2. The maximum absolute atomic E-state index is 2.37. The molecular formula is C17H19IN+. The average molecular weight is 364 g/mol. The van der Waals surface area contributed by atoms with Crippen LogP contribution in [0.5, 0.6) is 0 Å². The first-order chi connectivity index (χ1) is 8.57. The van der Waals surface area contributed by atoms with Crippen LogP contribution in [0.25, 0.3) is 21.7 Å². The van der Waals surface area contributed by atoms with Crippen molar-refractivity contribution in [3.8, 4) is 0 Å². The Morgan fingerprint density at radius 1 is 0.789 bits per heavy atom. The van der Waals surface area contributed by atoms with Crippen LogP contribution in [0, 0.1) is 0 Å². The standard InChI is InChI=1S/C17H18N.HI/c1-17(2,3)18-12-13-8-4-5-9-14(13)15-10-6-7-11-16(15)18;/h4-12H,1-3H3;1H/q+1;. The van der Waals surface area contributed by atoms with E-state index in [4.69, 9.17) is 0 Å². The normalized spacial score (nSPS) is 11.5. The fraction of sp³-hybridized carbons (Fsp3) is 0.235. The van der Waals surface area contributed by atoms with Crippen LogP contribution in [0.15, 0.2) is 54.7 Å². The lowest BCUT2D eigenvalue weighted by atomic mass is 10.0. The van der Waals surface area contributed by atoms with E-state index in [0.717, 1.165) is 0 Å². The molecule has 2 heteroatoms. The Morgan fingerprint density at radius 3 is 2.05 bits per heavy atom. The molecule has 0 aliphatic heterocycles. The molecule has 0 saturated carbocycles. The van der Waals surface area contributed by atoms with Crippen molar-refractivity contribution in [3.63, 3.8) is 0 Å². The summed E-state index contributed by atoms with van der Waals surface area (Å²) in [6.45, 7) is 6.73. The molecule has 98 valence electrons. The van der Waals surface area contributed by atoms with Crippen LogP contribution in [0.2, 0.25) is 0 Å². The Kier molecular flexibility index (Phi) is 3.81. The van der Waals surface area contributed by atoms with Gasteiger partial charge in [0.1, 0.15) is 0 Å². The summed E-state index contributed by atoms with van der Waals surface area (Å²) < 4.78 is 2.37. The molecule has 0 aliphatic carbocycles. The second-order valence-corrected chi connectivity index (χ2v) is 5.77. The van der Waals surface area contributed by atoms with Crippen LogP contribution in [0.1, 0.15) is 20.8 Å². The van der Waals surface area contributed by atoms with Crippen molar-refractivity contribution in [1.29, 1.82) is 0 Å². The summed E-state index contributed by atoms with van der Waals surface area (Å²) in [6.07, 6.45) is 2.26. The lowest BCUT2D eigenvalue weighted by molar-refractivity contribution is -0.729. The smallest absolute Gasteiger partial charge is 0.193 e. The third-order valence-electron chi connectivity index (χ3n) is 3.41. The van der Waals surface area contributed by atoms with Gasteiger partial charge in [-0.3, -0.25) is 0 Å². The van der Waals surface area contributed by atoms with Crippen molar-refractivity contribution in [1.82, 2.24) is 0 Å². The number of fused-ring (bicyclic) bond motifs is 3. The monoisotopic (exact) mass is 364 g/mol. The second kappa shape index (κ2) is 5.08. The number of para-hydroxylation sites is 1. The van der Waals surface area contributed by atoms with E-state index in [1.54, 1.807) is 0 Å². The molecule has 19 heavy (non-hydrogen) atoms. The van der Waals surface area contributed by atoms with Crippen molar-refractivity contribution in [2.45, 2.75) is 26.3 Å². The minimum atomic E-state index is 0. The second-order valence-electron chi connectivity index (χ2n) is 5.77. The molecule has 0 fully saturated rings. The maximum atomic E-state index is 2.37. The summed E-state index contributed by atoms with van der Waals surface area (Å²) in [5.41, 5.74) is 1.38. The number of halogens is 1. The molecular weight excluding hydrogens is 345 g/mol. The summed E-state index contributed by atoms with van der Waals surface area (Å²) in [5, 5.41) is 3.95. The van der Waals surface area contributed by atoms with E-state index < -0.39 is 0 Å². The van der Waals surface area contributed by atoms with E-state index in [9.17, 15) is 0 Å². The zero-order chi connectivity index (χ0) is 12.8. The quantitative estimate of drug-likeness (QED) is 0.311. The van der Waals surface area contributed by atoms with Crippen LogP contribution >= 0.6 is 24.0 Å². The van der Waals surface area contributed by atoms with Gasteiger partial charge >= 0.3 is 0 Å². The van der Waals surface area contributed by atoms with Gasteiger partial charge in [0.05, 0.1) is 5.39 Å². The first kappa shape index (κ1) is 14.3. The Morgan fingerprint density at radius 2 is 1.37 bits per heavy atom. The lowest BCUT2D eigenvalue weighted by Crippen LogP contribution is -2.50. The third kappa shape index (κ3) is 2.46. The molecule has 3 rings (SSSR count). The molecule has 0 N–H and O–H groups in total. The molecule has 0 spiro atoms. The molecule has 0 bridgehead atoms. The molecule has 0 aliphatic rings. The van der Waals surface area contributed by atoms with Gasteiger partial charge in [-0.05, 0) is 12.1 Å². The van der Waals surface area contributed by atoms with Crippen LogP contribution in [-0.2, 0) is 5.54 Å². The molecule has 0 saturated heterocycles. The van der Waals surface area contributed by atoms with Gasteiger partial charge in [0.25, 0.3) is 0 Å². The molecule has 1 nitrogen and oxygen atoms in total. The number of benzene rings is 2. The van der Waals surface area contributed by atoms with Gasteiger partial charge in [0.2, 0.25) is 5.52 Å². The van der Waals surface area contributed by atoms with Crippen molar-refractivity contribution in [2.24, 2.45) is 0 Å². The average Bonchev–Trinajstić information content (AvgIpc) is 2.37. The molecule has 0 atom stereocenters. The maximum Gasteiger partial charge on any atom is 0.213 e. The van der Waals surface area contributed by atoms with E-state index in [-0.39, 0.29) is 29.5 Å². The number of hydrogen-bond donors (Lipinski definition) is 0. The fourth-order valence-corrected chi connectivity index (χ4v) is 2.53. The van der Waals surface area contributed by atoms with Gasteiger partial charge in [-0.2, -0.15) is 4.57 Å². The van der Waals surface area contributed by atoms with Gasteiger partial charge in [-0.1, -0.05) is 30.3 Å². The minimum absolute atomic E-state index is 0. The van der Waals surface area contributed by atoms with Gasteiger partial charge in [-0.25, -0.2) is 0 Å². The van der Waals surface area contributed by atoms with Crippen molar-refractivity contribution in [2.75, 3.05) is 0 Å². The molecule has 1 aromatic heterocycles. The molecule has 0 unspecified atom stereocenters. The highest BCUT2D eigenvalue weighted by atomic mass is 127. The van der Waals surface area contributed by atoms with Crippen LogP contribution in [0.4, 0.5) is 0 Å². The Bertz CT molecular complexity index is 726. The van der Waals surface area contributed by atoms with Crippen molar-refractivity contribution >= 4 is 45.7 Å². The van der Waals surface area contributed by atoms with Crippen LogP contribution in [0.3, 0.4) is 0 Å². The number of rotatable bonds is 0. The van der Waals surface area contributed by atoms with E-state index in [1.807, 2.05) is 0 Å². The molecule has 3 aromatic rings. The Balaban J connectivity index is 0.00000133. The number of hydrogen-bond acceptors (Lipinski definition) is 0. The van der Waals surface area contributed by atoms with E-state index in [2.05, 4.69) is 80.1 Å². The van der Waals surface area contributed by atoms with E-state index >= 15 is 0 Å². The molecule has 0 amide bonds. The number of pyridine rings is 1. The summed E-state index contributed by atoms with van der Waals surface area (Å²) in [7, 11) is 0. The Labute approximate surface area is 131 Å². The predicted octanol–water partition coefficient (Wildman–Crippen LogP) is 4.65. The summed E-state index contributed by atoms with van der Waals surface area (Å²) in [5.74, 6) is 0. The van der Waals surface area contributed by atoms with Gasteiger partial charge in [0, 0.05) is 37.6 Å². The minimum Gasteiger partial charge on any atom is -0.193 e. The van der Waals surface area contributed by atoms with Crippen molar-refractivity contribution in [3.05, 3.63) is 54.7 Å². The Hall–Kier alpha value is -1.16. The largest absolute Gasteiger partial charge is 0.213 e. The van der Waals surface area contributed by atoms with Gasteiger partial charge < -0.3 is 0 Å². The van der Waals surface area contributed by atoms with E-state index in [0.29, 0.717) is 0 Å². The highest BCUT2D eigenvalue weighted by Gasteiger charge is 2.25. The van der Waals surface area contributed by atoms with Gasteiger partial charge in [0.15, 0.2) is 11.7 Å². The lowest BCUT2D eigenvalue weighted by Gasteiger charge is -2.16. The zero-order valence-corrected chi connectivity index (χ0v) is 13.9. The van der Waals surface area contributed by atoms with Crippen LogP contribution < -0.4 is 4.57 Å². The summed E-state index contributed by atoms with van der Waals surface area (Å²) in [4.78, 5) is 0.